The van der Waals surface area contributed by atoms with Gasteiger partial charge in [-0.15, -0.1) is 0 Å². The van der Waals surface area contributed by atoms with Crippen LogP contribution in [0.1, 0.15) is 44.6 Å². The molecule has 1 atom stereocenters. The van der Waals surface area contributed by atoms with E-state index in [9.17, 15) is 13.2 Å². The molecule has 1 aromatic carbocycles. The largest absolute Gasteiger partial charge is 0.294 e. The van der Waals surface area contributed by atoms with E-state index in [0.717, 1.165) is 27.8 Å². The number of sulfone groups is 1. The summed E-state index contributed by atoms with van der Waals surface area (Å²) in [4.78, 5) is 12.7. The van der Waals surface area contributed by atoms with E-state index in [1.54, 1.807) is 0 Å². The van der Waals surface area contributed by atoms with Crippen LogP contribution in [0.15, 0.2) is 0 Å². The molecule has 0 bridgehead atoms. The molecule has 1 fully saturated rings. The fraction of sp³-hybridized carbons (Fsp3) is 0.562. The summed E-state index contributed by atoms with van der Waals surface area (Å²) in [5.41, 5.74) is 6.23. The van der Waals surface area contributed by atoms with Gasteiger partial charge in [0.05, 0.1) is 11.5 Å². The molecule has 1 saturated heterocycles. The minimum absolute atomic E-state index is 0.00674. The van der Waals surface area contributed by atoms with Crippen molar-refractivity contribution in [3.63, 3.8) is 0 Å². The maximum absolute atomic E-state index is 12.7. The van der Waals surface area contributed by atoms with E-state index in [0.29, 0.717) is 6.42 Å². The van der Waals surface area contributed by atoms with Crippen molar-refractivity contribution in [2.75, 3.05) is 11.5 Å². The zero-order chi connectivity index (χ0) is 15.2. The third-order valence-electron chi connectivity index (χ3n) is 4.85. The molecule has 0 radical (unpaired) electrons. The van der Waals surface area contributed by atoms with Crippen molar-refractivity contribution in [2.45, 2.75) is 41.0 Å². The predicted octanol–water partition coefficient (Wildman–Crippen LogP) is 2.85. The summed E-state index contributed by atoms with van der Waals surface area (Å²) in [6.07, 6.45) is 0.464. The molecule has 3 nitrogen and oxygen atoms in total. The van der Waals surface area contributed by atoms with Gasteiger partial charge in [-0.05, 0) is 68.9 Å². The number of Topliss-reactive ketones (excluding diaryl/α,β-unsaturated/α-hetero) is 1. The SMILES string of the molecule is Cc1c(C)c(C)c(C(=O)C2CCS(=O)(=O)C2)c(C)c1C. The van der Waals surface area contributed by atoms with Gasteiger partial charge in [0.1, 0.15) is 0 Å². The van der Waals surface area contributed by atoms with Crippen LogP contribution in [-0.4, -0.2) is 25.7 Å². The van der Waals surface area contributed by atoms with Crippen LogP contribution in [0.2, 0.25) is 0 Å². The van der Waals surface area contributed by atoms with Gasteiger partial charge in [0.2, 0.25) is 0 Å². The Morgan fingerprint density at radius 1 is 0.900 bits per heavy atom. The van der Waals surface area contributed by atoms with Crippen LogP contribution < -0.4 is 0 Å². The molecular weight excluding hydrogens is 272 g/mol. The van der Waals surface area contributed by atoms with Crippen molar-refractivity contribution in [2.24, 2.45) is 5.92 Å². The van der Waals surface area contributed by atoms with Crippen LogP contribution in [0.5, 0.6) is 0 Å². The Balaban J connectivity index is 2.51. The van der Waals surface area contributed by atoms with Crippen molar-refractivity contribution < 1.29 is 13.2 Å². The smallest absolute Gasteiger partial charge is 0.167 e. The van der Waals surface area contributed by atoms with Crippen LogP contribution >= 0.6 is 0 Å². The van der Waals surface area contributed by atoms with E-state index in [4.69, 9.17) is 0 Å². The van der Waals surface area contributed by atoms with Gasteiger partial charge in [-0.3, -0.25) is 4.79 Å². The molecule has 2 rings (SSSR count). The minimum Gasteiger partial charge on any atom is -0.294 e. The molecule has 4 heteroatoms. The van der Waals surface area contributed by atoms with Crippen molar-refractivity contribution >= 4 is 15.6 Å². The van der Waals surface area contributed by atoms with Crippen molar-refractivity contribution in [1.82, 2.24) is 0 Å². The number of benzene rings is 1. The van der Waals surface area contributed by atoms with Crippen LogP contribution in [-0.2, 0) is 9.84 Å². The fourth-order valence-electron chi connectivity index (χ4n) is 3.08. The molecule has 1 aliphatic rings. The van der Waals surface area contributed by atoms with E-state index >= 15 is 0 Å². The number of hydrogen-bond acceptors (Lipinski definition) is 3. The normalized spacial score (nSPS) is 21.1. The quantitative estimate of drug-likeness (QED) is 0.788. The summed E-state index contributed by atoms with van der Waals surface area (Å²) in [6.45, 7) is 10.1. The summed E-state index contributed by atoms with van der Waals surface area (Å²) in [5, 5.41) is 0. The number of hydrogen-bond donors (Lipinski definition) is 0. The minimum atomic E-state index is -3.02. The van der Waals surface area contributed by atoms with Gasteiger partial charge in [-0.2, -0.15) is 0 Å². The van der Waals surface area contributed by atoms with Crippen LogP contribution in [0.4, 0.5) is 0 Å². The first-order chi connectivity index (χ1) is 9.15. The fourth-order valence-corrected chi connectivity index (χ4v) is 4.82. The lowest BCUT2D eigenvalue weighted by molar-refractivity contribution is 0.0932. The Kier molecular flexibility index (Phi) is 3.80. The van der Waals surface area contributed by atoms with Gasteiger partial charge >= 0.3 is 0 Å². The molecule has 110 valence electrons. The average Bonchev–Trinajstić information content (AvgIpc) is 2.74. The first-order valence-electron chi connectivity index (χ1n) is 6.97. The van der Waals surface area contributed by atoms with Crippen LogP contribution in [0.25, 0.3) is 0 Å². The lowest BCUT2D eigenvalue weighted by Gasteiger charge is -2.19. The second kappa shape index (κ2) is 4.99. The zero-order valence-electron chi connectivity index (χ0n) is 12.8. The molecule has 1 aromatic rings. The second-order valence-corrected chi connectivity index (χ2v) is 8.19. The Bertz CT molecular complexity index is 655. The molecule has 0 spiro atoms. The van der Waals surface area contributed by atoms with E-state index in [-0.39, 0.29) is 23.2 Å². The third kappa shape index (κ3) is 2.41. The molecule has 0 amide bonds. The van der Waals surface area contributed by atoms with Crippen molar-refractivity contribution in [1.29, 1.82) is 0 Å². The average molecular weight is 294 g/mol. The Labute approximate surface area is 121 Å². The summed E-state index contributed by atoms with van der Waals surface area (Å²) in [7, 11) is -3.02. The Morgan fingerprint density at radius 3 is 1.75 bits per heavy atom. The van der Waals surface area contributed by atoms with E-state index < -0.39 is 9.84 Å². The molecule has 20 heavy (non-hydrogen) atoms. The van der Waals surface area contributed by atoms with Crippen molar-refractivity contribution in [3.05, 3.63) is 33.4 Å². The maximum Gasteiger partial charge on any atom is 0.167 e. The summed E-state index contributed by atoms with van der Waals surface area (Å²) < 4.78 is 23.2. The van der Waals surface area contributed by atoms with Gasteiger partial charge in [0, 0.05) is 11.5 Å². The lowest BCUT2D eigenvalue weighted by atomic mass is 9.84. The summed E-state index contributed by atoms with van der Waals surface area (Å²) >= 11 is 0. The van der Waals surface area contributed by atoms with Gasteiger partial charge < -0.3 is 0 Å². The lowest BCUT2D eigenvalue weighted by Crippen LogP contribution is -2.20. The predicted molar refractivity (Wildman–Crippen MR) is 81.2 cm³/mol. The highest BCUT2D eigenvalue weighted by atomic mass is 32.2. The number of carbonyl (C=O) groups excluding carboxylic acids is 1. The Morgan fingerprint density at radius 2 is 1.35 bits per heavy atom. The van der Waals surface area contributed by atoms with E-state index in [1.807, 2.05) is 27.7 Å². The molecule has 1 heterocycles. The van der Waals surface area contributed by atoms with Gasteiger partial charge in [-0.1, -0.05) is 0 Å². The topological polar surface area (TPSA) is 51.2 Å². The number of rotatable bonds is 2. The first kappa shape index (κ1) is 15.2. The molecular formula is C16H22O3S. The molecule has 0 saturated carbocycles. The summed E-state index contributed by atoms with van der Waals surface area (Å²) in [5.74, 6) is -0.201. The highest BCUT2D eigenvalue weighted by Crippen LogP contribution is 2.30. The highest BCUT2D eigenvalue weighted by Gasteiger charge is 2.35. The number of ketones is 1. The Hall–Kier alpha value is -1.16. The highest BCUT2D eigenvalue weighted by molar-refractivity contribution is 7.91. The molecule has 0 aliphatic carbocycles. The van der Waals surface area contributed by atoms with Crippen LogP contribution in [0, 0.1) is 40.5 Å². The standard InChI is InChI=1S/C16H22O3S/c1-9-10(2)12(4)15(13(5)11(9)3)16(17)14-6-7-20(18,19)8-14/h14H,6-8H2,1-5H3. The molecule has 0 aromatic heterocycles. The monoisotopic (exact) mass is 294 g/mol. The van der Waals surface area contributed by atoms with Crippen LogP contribution in [0.3, 0.4) is 0 Å². The molecule has 1 unspecified atom stereocenters. The first-order valence-corrected chi connectivity index (χ1v) is 8.79. The van der Waals surface area contributed by atoms with Crippen molar-refractivity contribution in [3.8, 4) is 0 Å². The molecule has 1 aliphatic heterocycles. The third-order valence-corrected chi connectivity index (χ3v) is 6.62. The number of carbonyl (C=O) groups is 1. The van der Waals surface area contributed by atoms with E-state index in [2.05, 4.69) is 6.92 Å². The zero-order valence-corrected chi connectivity index (χ0v) is 13.6. The van der Waals surface area contributed by atoms with Gasteiger partial charge in [-0.25, -0.2) is 8.42 Å². The molecule has 0 N–H and O–H groups in total. The van der Waals surface area contributed by atoms with E-state index in [1.165, 1.54) is 5.56 Å². The second-order valence-electron chi connectivity index (χ2n) is 5.96. The van der Waals surface area contributed by atoms with Gasteiger partial charge in [0.25, 0.3) is 0 Å². The van der Waals surface area contributed by atoms with Gasteiger partial charge in [0.15, 0.2) is 15.6 Å². The summed E-state index contributed by atoms with van der Waals surface area (Å²) in [6, 6.07) is 0. The maximum atomic E-state index is 12.7.